The summed E-state index contributed by atoms with van der Waals surface area (Å²) in [6, 6.07) is 6.05. The summed E-state index contributed by atoms with van der Waals surface area (Å²) in [6.45, 7) is 0.879. The highest BCUT2D eigenvalue weighted by molar-refractivity contribution is 6.04. The molecule has 0 aliphatic carbocycles. The van der Waals surface area contributed by atoms with Crippen LogP contribution in [0.15, 0.2) is 30.5 Å². The second-order valence-corrected chi connectivity index (χ2v) is 3.97. The van der Waals surface area contributed by atoms with Gasteiger partial charge in [-0.25, -0.2) is 4.39 Å². The van der Waals surface area contributed by atoms with Crippen molar-refractivity contribution in [1.29, 1.82) is 0 Å². The van der Waals surface area contributed by atoms with Crippen molar-refractivity contribution in [2.24, 2.45) is 5.73 Å². The molecule has 6 nitrogen and oxygen atoms in total. The van der Waals surface area contributed by atoms with E-state index in [2.05, 4.69) is 10.3 Å². The fourth-order valence-electron chi connectivity index (χ4n) is 1.64. The molecule has 0 aliphatic heterocycles. The molecule has 0 fully saturated rings. The molecule has 0 aliphatic rings. The lowest BCUT2D eigenvalue weighted by atomic mass is 10.2. The quantitative estimate of drug-likeness (QED) is 0.878. The van der Waals surface area contributed by atoms with Crippen LogP contribution in [0.3, 0.4) is 0 Å². The molecule has 2 N–H and O–H groups in total. The maximum atomic E-state index is 13.6. The Balaban J connectivity index is 2.21. The molecule has 0 atom stereocenters. The molecule has 100 valence electrons. The van der Waals surface area contributed by atoms with Crippen LogP contribution in [0.2, 0.25) is 0 Å². The number of hydrogen-bond donors (Lipinski definition) is 1. The minimum Gasteiger partial charge on any atom is -0.329 e. The monoisotopic (exact) mass is 263 g/mol. The predicted octanol–water partition coefficient (Wildman–Crippen LogP) is 0.652. The van der Waals surface area contributed by atoms with Crippen LogP contribution in [-0.4, -0.2) is 34.5 Å². The fourth-order valence-corrected chi connectivity index (χ4v) is 1.64. The predicted molar refractivity (Wildman–Crippen MR) is 68.2 cm³/mol. The Morgan fingerprint density at radius 1 is 1.47 bits per heavy atom. The molecule has 2 rings (SSSR count). The second kappa shape index (κ2) is 5.57. The molecule has 1 aromatic carbocycles. The Hall–Kier alpha value is -2.28. The fraction of sp³-hybridized carbons (Fsp3) is 0.250. The average molecular weight is 263 g/mol. The highest BCUT2D eigenvalue weighted by Gasteiger charge is 2.19. The van der Waals surface area contributed by atoms with Gasteiger partial charge in [0.2, 0.25) is 0 Å². The number of aromatic nitrogens is 3. The lowest BCUT2D eigenvalue weighted by Gasteiger charge is -2.16. The molecule has 0 spiro atoms. The van der Waals surface area contributed by atoms with Crippen LogP contribution in [0, 0.1) is 5.82 Å². The van der Waals surface area contributed by atoms with Crippen LogP contribution in [-0.2, 0) is 6.54 Å². The summed E-state index contributed by atoms with van der Waals surface area (Å²) >= 11 is 0. The number of para-hydroxylation sites is 1. The van der Waals surface area contributed by atoms with Crippen molar-refractivity contribution in [1.82, 2.24) is 15.0 Å². The van der Waals surface area contributed by atoms with Crippen molar-refractivity contribution >= 4 is 11.6 Å². The van der Waals surface area contributed by atoms with Crippen LogP contribution in [0.5, 0.6) is 0 Å². The Morgan fingerprint density at radius 3 is 2.89 bits per heavy atom. The zero-order chi connectivity index (χ0) is 13.8. The van der Waals surface area contributed by atoms with Crippen LogP contribution in [0.25, 0.3) is 0 Å². The summed E-state index contributed by atoms with van der Waals surface area (Å²) in [7, 11) is 1.49. The minimum atomic E-state index is -0.465. The molecule has 1 amide bonds. The molecule has 0 unspecified atom stereocenters. The molecule has 0 bridgehead atoms. The molecule has 7 heteroatoms. The first kappa shape index (κ1) is 13.2. The Labute approximate surface area is 109 Å². The van der Waals surface area contributed by atoms with E-state index < -0.39 is 11.7 Å². The zero-order valence-electron chi connectivity index (χ0n) is 10.5. The third-order valence-corrected chi connectivity index (χ3v) is 2.63. The van der Waals surface area contributed by atoms with Crippen molar-refractivity contribution < 1.29 is 9.18 Å². The van der Waals surface area contributed by atoms with E-state index in [1.54, 1.807) is 12.1 Å². The van der Waals surface area contributed by atoms with Crippen molar-refractivity contribution in [3.8, 4) is 0 Å². The van der Waals surface area contributed by atoms with E-state index in [-0.39, 0.29) is 11.4 Å². The van der Waals surface area contributed by atoms with Gasteiger partial charge < -0.3 is 10.6 Å². The summed E-state index contributed by atoms with van der Waals surface area (Å²) in [4.78, 5) is 13.3. The van der Waals surface area contributed by atoms with Crippen LogP contribution in [0.4, 0.5) is 10.1 Å². The number of carbonyl (C=O) groups is 1. The van der Waals surface area contributed by atoms with Gasteiger partial charge in [0.05, 0.1) is 18.4 Å². The van der Waals surface area contributed by atoms with Gasteiger partial charge in [0.25, 0.3) is 5.91 Å². The van der Waals surface area contributed by atoms with E-state index in [0.717, 1.165) is 0 Å². The lowest BCUT2D eigenvalue weighted by Crippen LogP contribution is -2.27. The molecule has 2 aromatic rings. The molecular weight excluding hydrogens is 249 g/mol. The first-order chi connectivity index (χ1) is 9.13. The SMILES string of the molecule is CN(C(=O)c1cn(CCN)nn1)c1ccccc1F. The number of benzene rings is 1. The van der Waals surface area contributed by atoms with Gasteiger partial charge in [-0.05, 0) is 12.1 Å². The van der Waals surface area contributed by atoms with Gasteiger partial charge in [-0.1, -0.05) is 17.3 Å². The van der Waals surface area contributed by atoms with Crippen molar-refractivity contribution in [2.45, 2.75) is 6.54 Å². The van der Waals surface area contributed by atoms with Crippen LogP contribution >= 0.6 is 0 Å². The Morgan fingerprint density at radius 2 is 2.21 bits per heavy atom. The van der Waals surface area contributed by atoms with Crippen molar-refractivity contribution in [3.05, 3.63) is 42.0 Å². The third-order valence-electron chi connectivity index (χ3n) is 2.63. The first-order valence-electron chi connectivity index (χ1n) is 5.76. The molecule has 0 radical (unpaired) electrons. The van der Waals surface area contributed by atoms with Gasteiger partial charge in [-0.2, -0.15) is 0 Å². The number of halogens is 1. The molecule has 1 heterocycles. The van der Waals surface area contributed by atoms with Crippen molar-refractivity contribution in [2.75, 3.05) is 18.5 Å². The van der Waals surface area contributed by atoms with E-state index in [1.807, 2.05) is 0 Å². The summed E-state index contributed by atoms with van der Waals surface area (Å²) in [6.07, 6.45) is 1.49. The van der Waals surface area contributed by atoms with E-state index in [4.69, 9.17) is 5.73 Å². The topological polar surface area (TPSA) is 77.0 Å². The van der Waals surface area contributed by atoms with E-state index >= 15 is 0 Å². The molecular formula is C12H14FN5O. The van der Waals surface area contributed by atoms with E-state index in [1.165, 1.54) is 35.0 Å². The van der Waals surface area contributed by atoms with Crippen LogP contribution < -0.4 is 10.6 Å². The zero-order valence-corrected chi connectivity index (χ0v) is 10.5. The van der Waals surface area contributed by atoms with E-state index in [0.29, 0.717) is 13.1 Å². The molecule has 0 saturated heterocycles. The summed E-state index contributed by atoms with van der Waals surface area (Å²) in [5, 5.41) is 7.53. The van der Waals surface area contributed by atoms with Gasteiger partial charge >= 0.3 is 0 Å². The van der Waals surface area contributed by atoms with Gasteiger partial charge in [-0.3, -0.25) is 9.48 Å². The number of anilines is 1. The third kappa shape index (κ3) is 2.76. The number of nitrogens with zero attached hydrogens (tertiary/aromatic N) is 4. The maximum Gasteiger partial charge on any atom is 0.280 e. The standard InChI is InChI=1S/C12H14FN5O/c1-17(11-5-3-2-4-9(11)13)12(19)10-8-18(7-6-14)16-15-10/h2-5,8H,6-7,14H2,1H3. The number of carbonyl (C=O) groups excluding carboxylic acids is 1. The lowest BCUT2D eigenvalue weighted by molar-refractivity contribution is 0.0987. The van der Waals surface area contributed by atoms with Gasteiger partial charge in [-0.15, -0.1) is 5.10 Å². The highest BCUT2D eigenvalue weighted by Crippen LogP contribution is 2.18. The summed E-state index contributed by atoms with van der Waals surface area (Å²) in [5.41, 5.74) is 5.73. The number of nitrogens with two attached hydrogens (primary N) is 1. The summed E-state index contributed by atoms with van der Waals surface area (Å²) < 4.78 is 15.1. The number of rotatable bonds is 4. The normalized spacial score (nSPS) is 10.5. The second-order valence-electron chi connectivity index (χ2n) is 3.97. The maximum absolute atomic E-state index is 13.6. The molecule has 0 saturated carbocycles. The average Bonchev–Trinajstić information content (AvgIpc) is 2.87. The van der Waals surface area contributed by atoms with Gasteiger partial charge in [0, 0.05) is 13.6 Å². The smallest absolute Gasteiger partial charge is 0.280 e. The first-order valence-corrected chi connectivity index (χ1v) is 5.76. The van der Waals surface area contributed by atoms with E-state index in [9.17, 15) is 9.18 Å². The number of hydrogen-bond acceptors (Lipinski definition) is 4. The summed E-state index contributed by atoms with van der Waals surface area (Å²) in [5.74, 6) is -0.888. The highest BCUT2D eigenvalue weighted by atomic mass is 19.1. The Bertz CT molecular complexity index is 583. The van der Waals surface area contributed by atoms with Crippen molar-refractivity contribution in [3.63, 3.8) is 0 Å². The van der Waals surface area contributed by atoms with Crippen LogP contribution in [0.1, 0.15) is 10.5 Å². The minimum absolute atomic E-state index is 0.152. The largest absolute Gasteiger partial charge is 0.329 e. The van der Waals surface area contributed by atoms with Gasteiger partial charge in [0.15, 0.2) is 5.69 Å². The van der Waals surface area contributed by atoms with Gasteiger partial charge in [0.1, 0.15) is 5.82 Å². The molecule has 19 heavy (non-hydrogen) atoms. The Kier molecular flexibility index (Phi) is 3.86. The number of amides is 1. The molecule has 1 aromatic heterocycles.